The van der Waals surface area contributed by atoms with Crippen molar-refractivity contribution in [2.45, 2.75) is 46.5 Å². The highest BCUT2D eigenvalue weighted by Gasteiger charge is 2.09. The van der Waals surface area contributed by atoms with E-state index in [1.807, 2.05) is 0 Å². The molecule has 1 aromatic heterocycles. The van der Waals surface area contributed by atoms with Crippen molar-refractivity contribution in [1.29, 1.82) is 0 Å². The van der Waals surface area contributed by atoms with Gasteiger partial charge in [0.2, 0.25) is 5.95 Å². The molecule has 0 saturated carbocycles. The first kappa shape index (κ1) is 17.2. The van der Waals surface area contributed by atoms with Gasteiger partial charge in [-0.15, -0.1) is 5.10 Å². The first-order chi connectivity index (χ1) is 11.1. The van der Waals surface area contributed by atoms with E-state index < -0.39 is 0 Å². The van der Waals surface area contributed by atoms with Crippen LogP contribution in [0.15, 0.2) is 30.5 Å². The van der Waals surface area contributed by atoms with Gasteiger partial charge >= 0.3 is 0 Å². The highest BCUT2D eigenvalue weighted by molar-refractivity contribution is 5.56. The molecule has 1 heterocycles. The number of aromatic nitrogens is 3. The number of rotatable bonds is 8. The Morgan fingerprint density at radius 2 is 1.70 bits per heavy atom. The molecule has 2 rings (SSSR count). The van der Waals surface area contributed by atoms with Crippen LogP contribution in [0.3, 0.4) is 0 Å². The molecule has 0 bridgehead atoms. The van der Waals surface area contributed by atoms with E-state index in [4.69, 9.17) is 0 Å². The predicted molar refractivity (Wildman–Crippen MR) is 96.4 cm³/mol. The molecular formula is C18H27N5. The average molecular weight is 313 g/mol. The number of anilines is 3. The van der Waals surface area contributed by atoms with Crippen molar-refractivity contribution in [3.8, 4) is 0 Å². The zero-order valence-corrected chi connectivity index (χ0v) is 14.6. The Morgan fingerprint density at radius 1 is 1.04 bits per heavy atom. The van der Waals surface area contributed by atoms with E-state index in [1.54, 1.807) is 6.20 Å². The molecule has 0 aliphatic carbocycles. The van der Waals surface area contributed by atoms with E-state index in [2.05, 4.69) is 77.4 Å². The zero-order valence-electron chi connectivity index (χ0n) is 14.6. The van der Waals surface area contributed by atoms with Gasteiger partial charge in [0.15, 0.2) is 5.82 Å². The van der Waals surface area contributed by atoms with E-state index in [-0.39, 0.29) is 0 Å². The first-order valence-corrected chi connectivity index (χ1v) is 8.45. The highest BCUT2D eigenvalue weighted by atomic mass is 15.3. The van der Waals surface area contributed by atoms with Crippen molar-refractivity contribution in [1.82, 2.24) is 15.2 Å². The van der Waals surface area contributed by atoms with Crippen LogP contribution in [0.25, 0.3) is 0 Å². The second-order valence-electron chi connectivity index (χ2n) is 6.03. The van der Waals surface area contributed by atoms with Crippen molar-refractivity contribution in [2.75, 3.05) is 23.3 Å². The van der Waals surface area contributed by atoms with Gasteiger partial charge in [0.25, 0.3) is 0 Å². The molecule has 0 saturated heterocycles. The molecule has 0 aliphatic heterocycles. The molecule has 0 amide bonds. The Hall–Kier alpha value is -2.17. The summed E-state index contributed by atoms with van der Waals surface area (Å²) in [6, 6.07) is 8.44. The van der Waals surface area contributed by atoms with Gasteiger partial charge in [-0.3, -0.25) is 0 Å². The van der Waals surface area contributed by atoms with Gasteiger partial charge in [-0.05, 0) is 36.5 Å². The van der Waals surface area contributed by atoms with Crippen molar-refractivity contribution in [3.05, 3.63) is 36.0 Å². The minimum absolute atomic E-state index is 0.535. The van der Waals surface area contributed by atoms with Crippen LogP contribution in [-0.2, 0) is 0 Å². The number of nitrogens with one attached hydrogen (secondary N) is 1. The quantitative estimate of drug-likeness (QED) is 0.784. The molecule has 5 nitrogen and oxygen atoms in total. The normalized spacial score (nSPS) is 10.8. The molecule has 23 heavy (non-hydrogen) atoms. The summed E-state index contributed by atoms with van der Waals surface area (Å²) in [5.41, 5.74) is 2.34. The molecule has 0 aliphatic rings. The van der Waals surface area contributed by atoms with E-state index in [0.717, 1.165) is 37.4 Å². The maximum atomic E-state index is 4.60. The molecule has 0 radical (unpaired) electrons. The molecule has 1 aromatic carbocycles. The number of hydrogen-bond donors (Lipinski definition) is 1. The molecule has 0 spiro atoms. The van der Waals surface area contributed by atoms with Gasteiger partial charge < -0.3 is 10.2 Å². The second kappa shape index (κ2) is 8.46. The first-order valence-electron chi connectivity index (χ1n) is 8.45. The van der Waals surface area contributed by atoms with Crippen LogP contribution in [0.2, 0.25) is 0 Å². The molecular weight excluding hydrogens is 286 g/mol. The Kier molecular flexibility index (Phi) is 6.32. The van der Waals surface area contributed by atoms with Crippen LogP contribution in [-0.4, -0.2) is 28.3 Å². The minimum Gasteiger partial charge on any atom is -0.339 e. The summed E-state index contributed by atoms with van der Waals surface area (Å²) in [4.78, 5) is 6.78. The highest BCUT2D eigenvalue weighted by Crippen LogP contribution is 2.20. The molecule has 0 unspecified atom stereocenters. The van der Waals surface area contributed by atoms with E-state index in [0.29, 0.717) is 11.9 Å². The summed E-state index contributed by atoms with van der Waals surface area (Å²) in [5.74, 6) is 1.95. The standard InChI is InChI=1S/C18H27N5/c1-5-11-23(12-6-2)18-21-17(13-19-22-18)20-16-9-7-15(8-10-16)14(3)4/h7-10,13-14H,5-6,11-12H2,1-4H3,(H,20,21,22). The van der Waals surface area contributed by atoms with Gasteiger partial charge in [0.05, 0.1) is 6.20 Å². The van der Waals surface area contributed by atoms with Crippen LogP contribution < -0.4 is 10.2 Å². The lowest BCUT2D eigenvalue weighted by atomic mass is 10.0. The summed E-state index contributed by atoms with van der Waals surface area (Å²) >= 11 is 0. The third kappa shape index (κ3) is 4.91. The summed E-state index contributed by atoms with van der Waals surface area (Å²) in [5, 5.41) is 11.6. The monoisotopic (exact) mass is 313 g/mol. The fraction of sp³-hybridized carbons (Fsp3) is 0.500. The van der Waals surface area contributed by atoms with E-state index in [1.165, 1.54) is 5.56 Å². The van der Waals surface area contributed by atoms with Gasteiger partial charge in [0.1, 0.15) is 0 Å². The van der Waals surface area contributed by atoms with Crippen LogP contribution in [0.4, 0.5) is 17.5 Å². The summed E-state index contributed by atoms with van der Waals surface area (Å²) in [7, 11) is 0. The van der Waals surface area contributed by atoms with E-state index >= 15 is 0 Å². The van der Waals surface area contributed by atoms with Crippen molar-refractivity contribution < 1.29 is 0 Å². The predicted octanol–water partition coefficient (Wildman–Crippen LogP) is 4.37. The fourth-order valence-corrected chi connectivity index (χ4v) is 2.44. The molecule has 0 atom stereocenters. The van der Waals surface area contributed by atoms with Gasteiger partial charge in [-0.2, -0.15) is 10.1 Å². The van der Waals surface area contributed by atoms with Crippen LogP contribution in [0.1, 0.15) is 52.0 Å². The average Bonchev–Trinajstić information content (AvgIpc) is 2.55. The maximum absolute atomic E-state index is 4.60. The van der Waals surface area contributed by atoms with Crippen LogP contribution >= 0.6 is 0 Å². The van der Waals surface area contributed by atoms with Gasteiger partial charge in [0, 0.05) is 18.8 Å². The topological polar surface area (TPSA) is 53.9 Å². The Morgan fingerprint density at radius 3 is 2.26 bits per heavy atom. The third-order valence-electron chi connectivity index (χ3n) is 3.67. The minimum atomic E-state index is 0.535. The number of nitrogens with zero attached hydrogens (tertiary/aromatic N) is 4. The number of hydrogen-bond acceptors (Lipinski definition) is 5. The largest absolute Gasteiger partial charge is 0.339 e. The number of benzene rings is 1. The second-order valence-corrected chi connectivity index (χ2v) is 6.03. The molecule has 0 fully saturated rings. The lowest BCUT2D eigenvalue weighted by Gasteiger charge is -2.21. The molecule has 124 valence electrons. The van der Waals surface area contributed by atoms with E-state index in [9.17, 15) is 0 Å². The Bertz CT molecular complexity index is 589. The van der Waals surface area contributed by atoms with Crippen LogP contribution in [0, 0.1) is 0 Å². The summed E-state index contributed by atoms with van der Waals surface area (Å²) < 4.78 is 0. The zero-order chi connectivity index (χ0) is 16.7. The summed E-state index contributed by atoms with van der Waals surface area (Å²) in [6.07, 6.45) is 3.80. The smallest absolute Gasteiger partial charge is 0.247 e. The fourth-order valence-electron chi connectivity index (χ4n) is 2.44. The lowest BCUT2D eigenvalue weighted by molar-refractivity contribution is 0.711. The molecule has 1 N–H and O–H groups in total. The van der Waals surface area contributed by atoms with Crippen molar-refractivity contribution in [3.63, 3.8) is 0 Å². The molecule has 5 heteroatoms. The Labute approximate surface area is 139 Å². The van der Waals surface area contributed by atoms with Crippen LogP contribution in [0.5, 0.6) is 0 Å². The van der Waals surface area contributed by atoms with Crippen molar-refractivity contribution in [2.24, 2.45) is 0 Å². The maximum Gasteiger partial charge on any atom is 0.247 e. The van der Waals surface area contributed by atoms with Crippen molar-refractivity contribution >= 4 is 17.5 Å². The summed E-state index contributed by atoms with van der Waals surface area (Å²) in [6.45, 7) is 10.6. The molecule has 2 aromatic rings. The third-order valence-corrected chi connectivity index (χ3v) is 3.67. The van der Waals surface area contributed by atoms with Gasteiger partial charge in [-0.1, -0.05) is 39.8 Å². The lowest BCUT2D eigenvalue weighted by Crippen LogP contribution is -2.27. The Balaban J connectivity index is 2.12. The SMILES string of the molecule is CCCN(CCC)c1nncc(Nc2ccc(C(C)C)cc2)n1. The van der Waals surface area contributed by atoms with Gasteiger partial charge in [-0.25, -0.2) is 0 Å².